The number of methoxy groups -OCH3 is 1. The number of benzene rings is 1. The van der Waals surface area contributed by atoms with Gasteiger partial charge < -0.3 is 14.6 Å². The summed E-state index contributed by atoms with van der Waals surface area (Å²) >= 11 is 0. The Hall–Kier alpha value is -1.13. The smallest absolute Gasteiger partial charge is 0.168 e. The maximum atomic E-state index is 14.0. The van der Waals surface area contributed by atoms with Gasteiger partial charge in [-0.2, -0.15) is 0 Å². The minimum absolute atomic E-state index is 0.0175. The standard InChI is InChI=1S/C13H17FO3/c1-16-11-4-2-3-10(12(11)14)7-13(8-15)5-6-17-9-13/h2-4,15H,5-9H2,1H3. The molecule has 0 aliphatic carbocycles. The number of hydrogen-bond donors (Lipinski definition) is 1. The van der Waals surface area contributed by atoms with Crippen molar-refractivity contribution in [3.8, 4) is 5.75 Å². The number of aliphatic hydroxyl groups excluding tert-OH is 1. The summed E-state index contributed by atoms with van der Waals surface area (Å²) in [5.74, 6) is -0.0933. The maximum Gasteiger partial charge on any atom is 0.168 e. The van der Waals surface area contributed by atoms with Crippen LogP contribution in [0.4, 0.5) is 4.39 Å². The molecule has 1 aliphatic rings. The van der Waals surface area contributed by atoms with Crippen LogP contribution in [0.3, 0.4) is 0 Å². The first-order valence-corrected chi connectivity index (χ1v) is 5.71. The van der Waals surface area contributed by atoms with Crippen molar-refractivity contribution in [3.63, 3.8) is 0 Å². The number of rotatable bonds is 4. The average molecular weight is 240 g/mol. The first-order chi connectivity index (χ1) is 8.21. The summed E-state index contributed by atoms with van der Waals surface area (Å²) in [4.78, 5) is 0. The van der Waals surface area contributed by atoms with E-state index in [1.807, 2.05) is 0 Å². The van der Waals surface area contributed by atoms with Crippen LogP contribution in [-0.2, 0) is 11.2 Å². The minimum Gasteiger partial charge on any atom is -0.494 e. The van der Waals surface area contributed by atoms with Gasteiger partial charge in [0.1, 0.15) is 0 Å². The van der Waals surface area contributed by atoms with E-state index >= 15 is 0 Å². The summed E-state index contributed by atoms with van der Waals surface area (Å²) in [7, 11) is 1.45. The highest BCUT2D eigenvalue weighted by Gasteiger charge is 2.35. The lowest BCUT2D eigenvalue weighted by Crippen LogP contribution is -2.28. The van der Waals surface area contributed by atoms with Crippen molar-refractivity contribution < 1.29 is 19.0 Å². The molecule has 0 spiro atoms. The number of ether oxygens (including phenoxy) is 2. The van der Waals surface area contributed by atoms with Gasteiger partial charge in [-0.25, -0.2) is 4.39 Å². The summed E-state index contributed by atoms with van der Waals surface area (Å²) in [6.07, 6.45) is 1.24. The Labute approximate surface area is 100 Å². The Balaban J connectivity index is 2.23. The molecule has 0 saturated carbocycles. The molecule has 0 bridgehead atoms. The number of halogens is 1. The van der Waals surface area contributed by atoms with E-state index in [1.165, 1.54) is 7.11 Å². The zero-order valence-corrected chi connectivity index (χ0v) is 9.91. The quantitative estimate of drug-likeness (QED) is 0.871. The van der Waals surface area contributed by atoms with E-state index in [2.05, 4.69) is 0 Å². The fourth-order valence-corrected chi connectivity index (χ4v) is 2.22. The third-order valence-corrected chi connectivity index (χ3v) is 3.35. The molecule has 4 heteroatoms. The predicted molar refractivity (Wildman–Crippen MR) is 61.6 cm³/mol. The zero-order chi connectivity index (χ0) is 12.3. The van der Waals surface area contributed by atoms with Gasteiger partial charge in [-0.05, 0) is 24.5 Å². The van der Waals surface area contributed by atoms with Crippen LogP contribution in [0, 0.1) is 11.2 Å². The minimum atomic E-state index is -0.340. The molecule has 0 radical (unpaired) electrons. The Morgan fingerprint density at radius 2 is 2.35 bits per heavy atom. The molecule has 1 N–H and O–H groups in total. The molecule has 1 aromatic rings. The Bertz CT molecular complexity index is 386. The molecule has 1 saturated heterocycles. The second-order valence-corrected chi connectivity index (χ2v) is 4.57. The molecule has 2 rings (SSSR count). The van der Waals surface area contributed by atoms with Crippen LogP contribution in [0.1, 0.15) is 12.0 Å². The monoisotopic (exact) mass is 240 g/mol. The van der Waals surface area contributed by atoms with Gasteiger partial charge in [-0.3, -0.25) is 0 Å². The van der Waals surface area contributed by atoms with E-state index in [0.29, 0.717) is 25.2 Å². The van der Waals surface area contributed by atoms with Gasteiger partial charge in [0.25, 0.3) is 0 Å². The fourth-order valence-electron chi connectivity index (χ4n) is 2.22. The van der Waals surface area contributed by atoms with E-state index in [4.69, 9.17) is 9.47 Å². The van der Waals surface area contributed by atoms with Crippen LogP contribution in [0.25, 0.3) is 0 Å². The Morgan fingerprint density at radius 1 is 1.53 bits per heavy atom. The van der Waals surface area contributed by atoms with Crippen molar-refractivity contribution in [1.82, 2.24) is 0 Å². The lowest BCUT2D eigenvalue weighted by atomic mass is 9.81. The van der Waals surface area contributed by atoms with Crippen LogP contribution in [-0.4, -0.2) is 32.0 Å². The van der Waals surface area contributed by atoms with Gasteiger partial charge in [0.15, 0.2) is 11.6 Å². The highest BCUT2D eigenvalue weighted by molar-refractivity contribution is 5.31. The third kappa shape index (κ3) is 2.42. The molecule has 17 heavy (non-hydrogen) atoms. The molecule has 1 aromatic carbocycles. The Morgan fingerprint density at radius 3 is 2.94 bits per heavy atom. The summed E-state index contributed by atoms with van der Waals surface area (Å²) in [5.41, 5.74) is 0.233. The maximum absolute atomic E-state index is 14.0. The second kappa shape index (κ2) is 5.02. The molecule has 1 fully saturated rings. The van der Waals surface area contributed by atoms with Gasteiger partial charge >= 0.3 is 0 Å². The van der Waals surface area contributed by atoms with Crippen molar-refractivity contribution in [3.05, 3.63) is 29.6 Å². The molecule has 3 nitrogen and oxygen atoms in total. The number of aliphatic hydroxyl groups is 1. The van der Waals surface area contributed by atoms with Crippen LogP contribution in [0.2, 0.25) is 0 Å². The molecule has 1 unspecified atom stereocenters. The van der Waals surface area contributed by atoms with E-state index in [1.54, 1.807) is 18.2 Å². The van der Waals surface area contributed by atoms with Gasteiger partial charge in [0.2, 0.25) is 0 Å². The molecule has 0 amide bonds. The number of hydrogen-bond acceptors (Lipinski definition) is 3. The van der Waals surface area contributed by atoms with E-state index in [0.717, 1.165) is 6.42 Å². The van der Waals surface area contributed by atoms with Crippen molar-refractivity contribution >= 4 is 0 Å². The van der Waals surface area contributed by atoms with Crippen molar-refractivity contribution in [2.45, 2.75) is 12.8 Å². The molecule has 94 valence electrons. The van der Waals surface area contributed by atoms with Crippen LogP contribution < -0.4 is 4.74 Å². The predicted octanol–water partition coefficient (Wildman–Crippen LogP) is 1.78. The van der Waals surface area contributed by atoms with Crippen molar-refractivity contribution in [2.75, 3.05) is 26.9 Å². The second-order valence-electron chi connectivity index (χ2n) is 4.57. The fraction of sp³-hybridized carbons (Fsp3) is 0.538. The molecule has 0 aromatic heterocycles. The van der Waals surface area contributed by atoms with E-state index in [-0.39, 0.29) is 23.6 Å². The summed E-state index contributed by atoms with van der Waals surface area (Å²) in [6.45, 7) is 1.13. The van der Waals surface area contributed by atoms with Gasteiger partial charge in [0, 0.05) is 12.0 Å². The molecule has 1 aliphatic heterocycles. The first kappa shape index (κ1) is 12.3. The van der Waals surface area contributed by atoms with Gasteiger partial charge in [-0.1, -0.05) is 12.1 Å². The molecule has 1 heterocycles. The van der Waals surface area contributed by atoms with Crippen molar-refractivity contribution in [1.29, 1.82) is 0 Å². The largest absolute Gasteiger partial charge is 0.494 e. The van der Waals surface area contributed by atoms with Crippen LogP contribution in [0.15, 0.2) is 18.2 Å². The van der Waals surface area contributed by atoms with E-state index in [9.17, 15) is 9.50 Å². The van der Waals surface area contributed by atoms with Crippen molar-refractivity contribution in [2.24, 2.45) is 5.41 Å². The Kier molecular flexibility index (Phi) is 3.64. The normalized spacial score (nSPS) is 23.9. The molecular formula is C13H17FO3. The summed E-state index contributed by atoms with van der Waals surface area (Å²) < 4.78 is 24.2. The van der Waals surface area contributed by atoms with Crippen LogP contribution >= 0.6 is 0 Å². The topological polar surface area (TPSA) is 38.7 Å². The SMILES string of the molecule is COc1cccc(CC2(CO)CCOC2)c1F. The first-order valence-electron chi connectivity index (χ1n) is 5.71. The lowest BCUT2D eigenvalue weighted by molar-refractivity contribution is 0.0927. The lowest BCUT2D eigenvalue weighted by Gasteiger charge is -2.25. The highest BCUT2D eigenvalue weighted by atomic mass is 19.1. The van der Waals surface area contributed by atoms with E-state index < -0.39 is 0 Å². The third-order valence-electron chi connectivity index (χ3n) is 3.35. The zero-order valence-electron chi connectivity index (χ0n) is 9.91. The summed E-state index contributed by atoms with van der Waals surface area (Å²) in [5, 5.41) is 9.46. The molecule has 1 atom stereocenters. The van der Waals surface area contributed by atoms with Gasteiger partial charge in [0.05, 0.1) is 20.3 Å². The summed E-state index contributed by atoms with van der Waals surface area (Å²) in [6, 6.07) is 5.08. The van der Waals surface area contributed by atoms with Gasteiger partial charge in [-0.15, -0.1) is 0 Å². The molecular weight excluding hydrogens is 223 g/mol. The van der Waals surface area contributed by atoms with Crippen LogP contribution in [0.5, 0.6) is 5.75 Å². The average Bonchev–Trinajstić information content (AvgIpc) is 2.81. The highest BCUT2D eigenvalue weighted by Crippen LogP contribution is 2.34.